The molecule has 1 fully saturated rings. The molecule has 1 rings (SSSR count). The third kappa shape index (κ3) is 3.98. The van der Waals surface area contributed by atoms with Crippen LogP contribution < -0.4 is 11.1 Å². The number of aliphatic carboxylic acids is 1. The van der Waals surface area contributed by atoms with Crippen molar-refractivity contribution >= 4 is 11.9 Å². The molecule has 4 atom stereocenters. The van der Waals surface area contributed by atoms with Gasteiger partial charge < -0.3 is 16.2 Å². The molecule has 0 spiro atoms. The SMILES string of the molecule is CCC(C)[C@H](NC(=O)C1CCCC(N)C1)C(=O)O. The number of nitrogens with one attached hydrogen (secondary N) is 1. The number of hydrogen-bond donors (Lipinski definition) is 3. The van der Waals surface area contributed by atoms with Gasteiger partial charge in [-0.3, -0.25) is 4.79 Å². The maximum absolute atomic E-state index is 12.0. The van der Waals surface area contributed by atoms with Crippen molar-refractivity contribution in [2.45, 2.75) is 58.0 Å². The zero-order chi connectivity index (χ0) is 13.7. The van der Waals surface area contributed by atoms with E-state index in [1.165, 1.54) is 0 Å². The van der Waals surface area contributed by atoms with Crippen molar-refractivity contribution in [2.24, 2.45) is 17.6 Å². The molecule has 104 valence electrons. The number of carbonyl (C=O) groups is 2. The van der Waals surface area contributed by atoms with Gasteiger partial charge in [0.05, 0.1) is 0 Å². The number of amides is 1. The summed E-state index contributed by atoms with van der Waals surface area (Å²) >= 11 is 0. The van der Waals surface area contributed by atoms with Gasteiger partial charge in [0.1, 0.15) is 6.04 Å². The molecule has 0 aromatic rings. The van der Waals surface area contributed by atoms with Crippen molar-refractivity contribution in [3.05, 3.63) is 0 Å². The van der Waals surface area contributed by atoms with Crippen LogP contribution >= 0.6 is 0 Å². The van der Waals surface area contributed by atoms with Crippen LogP contribution in [-0.4, -0.2) is 29.1 Å². The molecule has 1 aliphatic rings. The molecule has 18 heavy (non-hydrogen) atoms. The molecule has 5 nitrogen and oxygen atoms in total. The van der Waals surface area contributed by atoms with Gasteiger partial charge in [0.15, 0.2) is 0 Å². The first-order valence-corrected chi connectivity index (χ1v) is 6.74. The molecule has 1 amide bonds. The van der Waals surface area contributed by atoms with Crippen molar-refractivity contribution in [1.82, 2.24) is 5.32 Å². The van der Waals surface area contributed by atoms with Crippen molar-refractivity contribution < 1.29 is 14.7 Å². The molecule has 1 aliphatic carbocycles. The lowest BCUT2D eigenvalue weighted by Crippen LogP contribution is -2.48. The van der Waals surface area contributed by atoms with Crippen LogP contribution in [0, 0.1) is 11.8 Å². The van der Waals surface area contributed by atoms with Gasteiger partial charge in [-0.1, -0.05) is 26.7 Å². The third-order valence-corrected chi connectivity index (χ3v) is 3.86. The van der Waals surface area contributed by atoms with E-state index in [-0.39, 0.29) is 23.8 Å². The summed E-state index contributed by atoms with van der Waals surface area (Å²) in [5.74, 6) is -1.31. The highest BCUT2D eigenvalue weighted by Crippen LogP contribution is 2.23. The van der Waals surface area contributed by atoms with Crippen molar-refractivity contribution in [3.8, 4) is 0 Å². The van der Waals surface area contributed by atoms with Gasteiger partial charge in [-0.05, 0) is 25.2 Å². The Bertz CT molecular complexity index is 307. The van der Waals surface area contributed by atoms with Crippen molar-refractivity contribution in [2.75, 3.05) is 0 Å². The van der Waals surface area contributed by atoms with Crippen molar-refractivity contribution in [3.63, 3.8) is 0 Å². The summed E-state index contributed by atoms with van der Waals surface area (Å²) in [6.07, 6.45) is 4.10. The fourth-order valence-corrected chi connectivity index (χ4v) is 2.42. The number of carboxylic acid groups (broad SMARTS) is 1. The van der Waals surface area contributed by atoms with Crippen LogP contribution in [0.2, 0.25) is 0 Å². The Labute approximate surface area is 108 Å². The smallest absolute Gasteiger partial charge is 0.326 e. The molecule has 0 bridgehead atoms. The Balaban J connectivity index is 2.58. The summed E-state index contributed by atoms with van der Waals surface area (Å²) < 4.78 is 0. The molecule has 0 saturated heterocycles. The van der Waals surface area contributed by atoms with Gasteiger partial charge >= 0.3 is 5.97 Å². The van der Waals surface area contributed by atoms with Gasteiger partial charge in [0.25, 0.3) is 0 Å². The summed E-state index contributed by atoms with van der Waals surface area (Å²) in [5.41, 5.74) is 5.84. The van der Waals surface area contributed by atoms with Crippen LogP contribution in [0.15, 0.2) is 0 Å². The fourth-order valence-electron chi connectivity index (χ4n) is 2.42. The van der Waals surface area contributed by atoms with E-state index in [2.05, 4.69) is 5.32 Å². The van der Waals surface area contributed by atoms with Gasteiger partial charge in [-0.2, -0.15) is 0 Å². The van der Waals surface area contributed by atoms with Gasteiger partial charge in [0, 0.05) is 12.0 Å². The average molecular weight is 256 g/mol. The molecular formula is C13H24N2O3. The zero-order valence-corrected chi connectivity index (χ0v) is 11.2. The average Bonchev–Trinajstić information content (AvgIpc) is 2.34. The van der Waals surface area contributed by atoms with Crippen LogP contribution in [0.5, 0.6) is 0 Å². The van der Waals surface area contributed by atoms with E-state index in [0.717, 1.165) is 25.7 Å². The number of carboxylic acids is 1. The van der Waals surface area contributed by atoms with Crippen LogP contribution in [0.25, 0.3) is 0 Å². The van der Waals surface area contributed by atoms with E-state index in [1.807, 2.05) is 13.8 Å². The van der Waals surface area contributed by atoms with E-state index in [4.69, 9.17) is 10.8 Å². The largest absolute Gasteiger partial charge is 0.480 e. The quantitative estimate of drug-likeness (QED) is 0.687. The second-order valence-corrected chi connectivity index (χ2v) is 5.33. The van der Waals surface area contributed by atoms with Crippen LogP contribution in [0.1, 0.15) is 46.0 Å². The number of carbonyl (C=O) groups excluding carboxylic acids is 1. The van der Waals surface area contributed by atoms with Crippen LogP contribution in [-0.2, 0) is 9.59 Å². The third-order valence-electron chi connectivity index (χ3n) is 3.86. The topological polar surface area (TPSA) is 92.4 Å². The first kappa shape index (κ1) is 15.0. The lowest BCUT2D eigenvalue weighted by atomic mass is 9.85. The molecule has 0 aliphatic heterocycles. The highest BCUT2D eigenvalue weighted by Gasteiger charge is 2.30. The maximum atomic E-state index is 12.0. The van der Waals surface area contributed by atoms with E-state index in [1.54, 1.807) is 0 Å². The molecule has 1 saturated carbocycles. The summed E-state index contributed by atoms with van der Waals surface area (Å²) in [7, 11) is 0. The predicted molar refractivity (Wildman–Crippen MR) is 69.0 cm³/mol. The molecule has 0 radical (unpaired) electrons. The molecule has 0 heterocycles. The normalized spacial score (nSPS) is 27.3. The molecule has 5 heteroatoms. The standard InChI is InChI=1S/C13H24N2O3/c1-3-8(2)11(13(17)18)15-12(16)9-5-4-6-10(14)7-9/h8-11H,3-7,14H2,1-2H3,(H,15,16)(H,17,18)/t8?,9?,10?,11-/m0/s1. The van der Waals surface area contributed by atoms with E-state index < -0.39 is 12.0 Å². The van der Waals surface area contributed by atoms with Crippen LogP contribution in [0.4, 0.5) is 0 Å². The van der Waals surface area contributed by atoms with E-state index >= 15 is 0 Å². The summed E-state index contributed by atoms with van der Waals surface area (Å²) in [5, 5.41) is 11.8. The Hall–Kier alpha value is -1.10. The highest BCUT2D eigenvalue weighted by atomic mass is 16.4. The maximum Gasteiger partial charge on any atom is 0.326 e. The fraction of sp³-hybridized carbons (Fsp3) is 0.846. The Morgan fingerprint density at radius 2 is 2.11 bits per heavy atom. The van der Waals surface area contributed by atoms with Gasteiger partial charge in [-0.15, -0.1) is 0 Å². The van der Waals surface area contributed by atoms with Crippen LogP contribution in [0.3, 0.4) is 0 Å². The number of rotatable bonds is 5. The van der Waals surface area contributed by atoms with E-state index in [0.29, 0.717) is 6.42 Å². The lowest BCUT2D eigenvalue weighted by Gasteiger charge is -2.28. The molecule has 0 aromatic carbocycles. The minimum atomic E-state index is -0.960. The Morgan fingerprint density at radius 3 is 2.61 bits per heavy atom. The molecule has 4 N–H and O–H groups in total. The minimum absolute atomic E-state index is 0.0660. The Kier molecular flexibility index (Phi) is 5.59. The predicted octanol–water partition coefficient (Wildman–Crippen LogP) is 1.12. The number of nitrogens with two attached hydrogens (primary N) is 1. The molecule has 0 aromatic heterocycles. The summed E-state index contributed by atoms with van der Waals surface area (Å²) in [6, 6.07) is -0.720. The van der Waals surface area contributed by atoms with Crippen molar-refractivity contribution in [1.29, 1.82) is 0 Å². The van der Waals surface area contributed by atoms with E-state index in [9.17, 15) is 9.59 Å². The second-order valence-electron chi connectivity index (χ2n) is 5.33. The second kappa shape index (κ2) is 6.73. The summed E-state index contributed by atoms with van der Waals surface area (Å²) in [6.45, 7) is 3.76. The zero-order valence-electron chi connectivity index (χ0n) is 11.2. The lowest BCUT2D eigenvalue weighted by molar-refractivity contribution is -0.144. The first-order valence-electron chi connectivity index (χ1n) is 6.74. The highest BCUT2D eigenvalue weighted by molar-refractivity contribution is 5.85. The molecular weight excluding hydrogens is 232 g/mol. The minimum Gasteiger partial charge on any atom is -0.480 e. The monoisotopic (exact) mass is 256 g/mol. The summed E-state index contributed by atoms with van der Waals surface area (Å²) in [4.78, 5) is 23.2. The Morgan fingerprint density at radius 1 is 1.44 bits per heavy atom. The first-order chi connectivity index (χ1) is 8.45. The number of hydrogen-bond acceptors (Lipinski definition) is 3. The van der Waals surface area contributed by atoms with Gasteiger partial charge in [-0.25, -0.2) is 4.79 Å². The van der Waals surface area contributed by atoms with Gasteiger partial charge in [0.2, 0.25) is 5.91 Å². The molecule has 3 unspecified atom stereocenters.